The molecule has 0 aliphatic rings. The van der Waals surface area contributed by atoms with E-state index in [1.807, 2.05) is 6.07 Å². The first-order valence-electron chi connectivity index (χ1n) is 6.63. The van der Waals surface area contributed by atoms with Crippen LogP contribution in [0.25, 0.3) is 10.9 Å². The molecule has 1 heterocycles. The Hall–Kier alpha value is -3.15. The zero-order valence-corrected chi connectivity index (χ0v) is 11.7. The fourth-order valence-electron chi connectivity index (χ4n) is 2.22. The minimum Gasteiger partial charge on any atom is -0.545 e. The number of anilines is 1. The third-order valence-electron chi connectivity index (χ3n) is 3.28. The predicted octanol–water partition coefficient (Wildman–Crippen LogP) is 0.944. The van der Waals surface area contributed by atoms with Gasteiger partial charge in [0.1, 0.15) is 5.82 Å². The van der Waals surface area contributed by atoms with E-state index in [1.165, 1.54) is 16.8 Å². The van der Waals surface area contributed by atoms with E-state index < -0.39 is 5.97 Å². The van der Waals surface area contributed by atoms with E-state index in [0.717, 1.165) is 0 Å². The molecule has 0 aliphatic carbocycles. The van der Waals surface area contributed by atoms with Crippen LogP contribution in [0.2, 0.25) is 0 Å². The lowest BCUT2D eigenvalue weighted by molar-refractivity contribution is -0.255. The lowest BCUT2D eigenvalue weighted by Crippen LogP contribution is -2.30. The fraction of sp³-hybridized carbons (Fsp3) is 0.0625. The first-order chi connectivity index (χ1) is 10.6. The SMILES string of the molecule is Cc1nc2ccccc2c(=O)n1Nc1cccc(C(=O)[O-])c1. The largest absolute Gasteiger partial charge is 0.545 e. The number of nitrogens with one attached hydrogen (secondary N) is 1. The summed E-state index contributed by atoms with van der Waals surface area (Å²) in [5, 5.41) is 11.4. The normalized spacial score (nSPS) is 10.6. The molecule has 0 unspecified atom stereocenters. The van der Waals surface area contributed by atoms with Crippen molar-refractivity contribution in [3.8, 4) is 0 Å². The number of para-hydroxylation sites is 1. The van der Waals surface area contributed by atoms with Gasteiger partial charge < -0.3 is 9.90 Å². The molecule has 3 rings (SSSR count). The van der Waals surface area contributed by atoms with Gasteiger partial charge in [-0.2, -0.15) is 0 Å². The molecule has 110 valence electrons. The molecule has 0 fully saturated rings. The third kappa shape index (κ3) is 2.42. The van der Waals surface area contributed by atoms with Crippen LogP contribution in [0.3, 0.4) is 0 Å². The molecule has 0 bridgehead atoms. The fourth-order valence-corrected chi connectivity index (χ4v) is 2.22. The van der Waals surface area contributed by atoms with Crippen LogP contribution in [-0.2, 0) is 0 Å². The number of nitrogens with zero attached hydrogens (tertiary/aromatic N) is 2. The summed E-state index contributed by atoms with van der Waals surface area (Å²) in [5.74, 6) is -0.799. The molecule has 6 nitrogen and oxygen atoms in total. The van der Waals surface area contributed by atoms with Gasteiger partial charge in [-0.15, -0.1) is 0 Å². The summed E-state index contributed by atoms with van der Waals surface area (Å²) in [5.41, 5.74) is 3.74. The Labute approximate surface area is 125 Å². The molecule has 0 aliphatic heterocycles. The minimum atomic E-state index is -1.27. The van der Waals surface area contributed by atoms with Crippen molar-refractivity contribution < 1.29 is 9.90 Å². The second-order valence-electron chi connectivity index (χ2n) is 4.80. The maximum atomic E-state index is 12.5. The third-order valence-corrected chi connectivity index (χ3v) is 3.28. The Balaban J connectivity index is 2.09. The van der Waals surface area contributed by atoms with Crippen LogP contribution >= 0.6 is 0 Å². The summed E-state index contributed by atoms with van der Waals surface area (Å²) in [6.45, 7) is 1.70. The second kappa shape index (κ2) is 5.33. The molecule has 3 aromatic rings. The summed E-state index contributed by atoms with van der Waals surface area (Å²) >= 11 is 0. The maximum Gasteiger partial charge on any atom is 0.280 e. The Bertz CT molecular complexity index is 931. The smallest absolute Gasteiger partial charge is 0.280 e. The quantitative estimate of drug-likeness (QED) is 0.777. The number of benzene rings is 2. The van der Waals surface area contributed by atoms with E-state index in [2.05, 4.69) is 10.4 Å². The molecule has 0 spiro atoms. The Morgan fingerprint density at radius 1 is 1.18 bits per heavy atom. The van der Waals surface area contributed by atoms with E-state index in [-0.39, 0.29) is 11.1 Å². The molecule has 0 atom stereocenters. The highest BCUT2D eigenvalue weighted by molar-refractivity contribution is 5.87. The second-order valence-corrected chi connectivity index (χ2v) is 4.80. The van der Waals surface area contributed by atoms with Crippen LogP contribution in [0.1, 0.15) is 16.2 Å². The molecule has 0 radical (unpaired) electrons. The van der Waals surface area contributed by atoms with Gasteiger partial charge in [-0.25, -0.2) is 9.66 Å². The summed E-state index contributed by atoms with van der Waals surface area (Å²) < 4.78 is 1.29. The van der Waals surface area contributed by atoms with Gasteiger partial charge in [-0.1, -0.05) is 24.3 Å². The first kappa shape index (κ1) is 13.8. The summed E-state index contributed by atoms with van der Waals surface area (Å²) in [6, 6.07) is 13.1. The highest BCUT2D eigenvalue weighted by atomic mass is 16.4. The van der Waals surface area contributed by atoms with Crippen molar-refractivity contribution >= 4 is 22.6 Å². The molecule has 1 aromatic heterocycles. The van der Waals surface area contributed by atoms with Crippen molar-refractivity contribution in [2.45, 2.75) is 6.92 Å². The molecular weight excluding hydrogens is 282 g/mol. The van der Waals surface area contributed by atoms with Gasteiger partial charge in [0.05, 0.1) is 22.6 Å². The molecule has 0 saturated carbocycles. The molecule has 6 heteroatoms. The van der Waals surface area contributed by atoms with E-state index in [4.69, 9.17) is 0 Å². The highest BCUT2D eigenvalue weighted by Crippen LogP contribution is 2.12. The molecule has 2 aromatic carbocycles. The van der Waals surface area contributed by atoms with Crippen LogP contribution in [-0.4, -0.2) is 15.6 Å². The van der Waals surface area contributed by atoms with E-state index >= 15 is 0 Å². The van der Waals surface area contributed by atoms with Crippen LogP contribution < -0.4 is 16.1 Å². The van der Waals surface area contributed by atoms with Crippen molar-refractivity contribution in [3.63, 3.8) is 0 Å². The number of carbonyl (C=O) groups is 1. The molecular formula is C16H12N3O3-. The molecule has 22 heavy (non-hydrogen) atoms. The van der Waals surface area contributed by atoms with Gasteiger partial charge in [0, 0.05) is 0 Å². The van der Waals surface area contributed by atoms with Crippen LogP contribution in [0.4, 0.5) is 5.69 Å². The van der Waals surface area contributed by atoms with Crippen LogP contribution in [0.5, 0.6) is 0 Å². The van der Waals surface area contributed by atoms with Crippen LogP contribution in [0, 0.1) is 6.92 Å². The zero-order chi connectivity index (χ0) is 15.7. The average molecular weight is 294 g/mol. The summed E-state index contributed by atoms with van der Waals surface area (Å²) in [4.78, 5) is 27.8. The number of carboxylic acid groups (broad SMARTS) is 1. The highest BCUT2D eigenvalue weighted by Gasteiger charge is 2.08. The molecule has 0 amide bonds. The summed E-state index contributed by atoms with van der Waals surface area (Å²) in [6.07, 6.45) is 0. The molecule has 0 saturated heterocycles. The molecule has 1 N–H and O–H groups in total. The first-order valence-corrected chi connectivity index (χ1v) is 6.63. The number of fused-ring (bicyclic) bond motifs is 1. The average Bonchev–Trinajstić information content (AvgIpc) is 2.52. The zero-order valence-electron chi connectivity index (χ0n) is 11.7. The van der Waals surface area contributed by atoms with Crippen molar-refractivity contribution in [3.05, 3.63) is 70.3 Å². The van der Waals surface area contributed by atoms with Crippen molar-refractivity contribution in [1.29, 1.82) is 0 Å². The number of hydrogen-bond donors (Lipinski definition) is 1. The maximum absolute atomic E-state index is 12.5. The summed E-state index contributed by atoms with van der Waals surface area (Å²) in [7, 11) is 0. The minimum absolute atomic E-state index is 0.0319. The number of hydrogen-bond acceptors (Lipinski definition) is 5. The Morgan fingerprint density at radius 2 is 1.95 bits per heavy atom. The van der Waals surface area contributed by atoms with Gasteiger partial charge in [-0.3, -0.25) is 10.2 Å². The Kier molecular flexibility index (Phi) is 3.34. The number of carboxylic acids is 1. The lowest BCUT2D eigenvalue weighted by Gasteiger charge is -2.14. The van der Waals surface area contributed by atoms with Crippen molar-refractivity contribution in [1.82, 2.24) is 9.66 Å². The van der Waals surface area contributed by atoms with Gasteiger partial charge >= 0.3 is 0 Å². The number of aromatic carboxylic acids is 1. The number of carbonyl (C=O) groups excluding carboxylic acids is 1. The lowest BCUT2D eigenvalue weighted by atomic mass is 10.2. The Morgan fingerprint density at radius 3 is 2.73 bits per heavy atom. The predicted molar refractivity (Wildman–Crippen MR) is 80.5 cm³/mol. The van der Waals surface area contributed by atoms with Gasteiger partial charge in [0.15, 0.2) is 0 Å². The topological polar surface area (TPSA) is 87.0 Å². The van der Waals surface area contributed by atoms with Gasteiger partial charge in [0.2, 0.25) is 0 Å². The van der Waals surface area contributed by atoms with E-state index in [0.29, 0.717) is 22.4 Å². The van der Waals surface area contributed by atoms with E-state index in [9.17, 15) is 14.7 Å². The van der Waals surface area contributed by atoms with Gasteiger partial charge in [0.25, 0.3) is 5.56 Å². The van der Waals surface area contributed by atoms with E-state index in [1.54, 1.807) is 37.3 Å². The monoisotopic (exact) mass is 294 g/mol. The van der Waals surface area contributed by atoms with Crippen molar-refractivity contribution in [2.75, 3.05) is 5.43 Å². The number of rotatable bonds is 3. The standard InChI is InChI=1S/C16H13N3O3/c1-10-17-14-8-3-2-7-13(14)15(20)19(10)18-12-6-4-5-11(9-12)16(21)22/h2-9,18H,1H3,(H,21,22)/p-1. The number of aromatic nitrogens is 2. The van der Waals surface area contributed by atoms with Gasteiger partial charge in [-0.05, 0) is 36.8 Å². The van der Waals surface area contributed by atoms with Crippen LogP contribution in [0.15, 0.2) is 53.3 Å². The van der Waals surface area contributed by atoms with Crippen molar-refractivity contribution in [2.24, 2.45) is 0 Å². The number of aryl methyl sites for hydroxylation is 1.